The van der Waals surface area contributed by atoms with Gasteiger partial charge in [-0.2, -0.15) is 5.10 Å². The second kappa shape index (κ2) is 5.81. The molecule has 0 radical (unpaired) electrons. The Balaban J connectivity index is 2.31. The summed E-state index contributed by atoms with van der Waals surface area (Å²) in [6.07, 6.45) is 1.54. The number of aromatic nitrogens is 2. The van der Waals surface area contributed by atoms with E-state index in [1.165, 1.54) is 19.2 Å². The summed E-state index contributed by atoms with van der Waals surface area (Å²) in [7, 11) is -2.35. The first-order chi connectivity index (χ1) is 9.44. The predicted octanol–water partition coefficient (Wildman–Crippen LogP) is 1.24. The van der Waals surface area contributed by atoms with Gasteiger partial charge in [-0.3, -0.25) is 5.10 Å². The zero-order chi connectivity index (χ0) is 14.8. The first-order valence-electron chi connectivity index (χ1n) is 5.55. The van der Waals surface area contributed by atoms with Crippen LogP contribution in [0.5, 0.6) is 5.75 Å². The molecule has 108 valence electrons. The molecule has 9 heteroatoms. The lowest BCUT2D eigenvalue weighted by Crippen LogP contribution is -2.24. The van der Waals surface area contributed by atoms with Crippen molar-refractivity contribution in [2.75, 3.05) is 12.8 Å². The van der Waals surface area contributed by atoms with Gasteiger partial charge in [-0.25, -0.2) is 13.1 Å². The normalized spacial score (nSPS) is 11.5. The number of aromatic amines is 1. The molecule has 1 aromatic heterocycles. The van der Waals surface area contributed by atoms with Crippen molar-refractivity contribution in [3.05, 3.63) is 34.6 Å². The van der Waals surface area contributed by atoms with Crippen LogP contribution in [-0.2, 0) is 16.6 Å². The van der Waals surface area contributed by atoms with Gasteiger partial charge < -0.3 is 10.5 Å². The molecule has 2 aromatic rings. The van der Waals surface area contributed by atoms with E-state index in [0.717, 1.165) is 0 Å². The highest BCUT2D eigenvalue weighted by Crippen LogP contribution is 2.32. The molecule has 0 aliphatic rings. The van der Waals surface area contributed by atoms with Gasteiger partial charge in [-0.05, 0) is 34.1 Å². The number of nitrogens with two attached hydrogens (primary N) is 1. The Bertz CT molecular complexity index is 701. The van der Waals surface area contributed by atoms with E-state index in [1.54, 1.807) is 12.3 Å². The molecule has 0 aliphatic carbocycles. The van der Waals surface area contributed by atoms with Crippen molar-refractivity contribution in [1.29, 1.82) is 0 Å². The summed E-state index contributed by atoms with van der Waals surface area (Å²) in [4.78, 5) is -0.0137. The third kappa shape index (κ3) is 3.11. The topological polar surface area (TPSA) is 110 Å². The zero-order valence-corrected chi connectivity index (χ0v) is 13.0. The minimum absolute atomic E-state index is 0.0137. The highest BCUT2D eigenvalue weighted by Gasteiger charge is 2.21. The van der Waals surface area contributed by atoms with Crippen LogP contribution in [0.2, 0.25) is 0 Å². The van der Waals surface area contributed by atoms with Gasteiger partial charge >= 0.3 is 0 Å². The molecule has 0 spiro atoms. The summed E-state index contributed by atoms with van der Waals surface area (Å²) in [6.45, 7) is 0.0987. The number of sulfonamides is 1. The Hall–Kier alpha value is -1.58. The Morgan fingerprint density at radius 2 is 2.25 bits per heavy atom. The smallest absolute Gasteiger partial charge is 0.244 e. The molecule has 1 heterocycles. The number of H-pyrrole nitrogens is 1. The van der Waals surface area contributed by atoms with Crippen molar-refractivity contribution in [3.8, 4) is 5.75 Å². The second-order valence-corrected chi connectivity index (χ2v) is 6.52. The Labute approximate surface area is 124 Å². The van der Waals surface area contributed by atoms with Crippen molar-refractivity contribution in [3.63, 3.8) is 0 Å². The Morgan fingerprint density at radius 3 is 2.85 bits per heavy atom. The lowest BCUT2D eigenvalue weighted by molar-refractivity contribution is 0.402. The van der Waals surface area contributed by atoms with Gasteiger partial charge in [0.1, 0.15) is 10.6 Å². The SMILES string of the molecule is COc1cc(Br)c(N)cc1S(=O)(=O)NCc1ccn[nH]1. The Morgan fingerprint density at radius 1 is 1.50 bits per heavy atom. The Kier molecular flexibility index (Phi) is 4.31. The van der Waals surface area contributed by atoms with Crippen molar-refractivity contribution in [2.45, 2.75) is 11.4 Å². The van der Waals surface area contributed by atoms with E-state index in [9.17, 15) is 8.42 Å². The quantitative estimate of drug-likeness (QED) is 0.694. The molecule has 0 amide bonds. The lowest BCUT2D eigenvalue weighted by Gasteiger charge is -2.12. The molecule has 4 N–H and O–H groups in total. The van der Waals surface area contributed by atoms with E-state index < -0.39 is 10.0 Å². The number of rotatable bonds is 5. The molecule has 7 nitrogen and oxygen atoms in total. The zero-order valence-electron chi connectivity index (χ0n) is 10.6. The maximum absolute atomic E-state index is 12.3. The van der Waals surface area contributed by atoms with Crippen molar-refractivity contribution in [2.24, 2.45) is 0 Å². The van der Waals surface area contributed by atoms with E-state index in [4.69, 9.17) is 10.5 Å². The summed E-state index contributed by atoms with van der Waals surface area (Å²) in [6, 6.07) is 4.54. The maximum Gasteiger partial charge on any atom is 0.244 e. The van der Waals surface area contributed by atoms with E-state index >= 15 is 0 Å². The number of halogens is 1. The van der Waals surface area contributed by atoms with Gasteiger partial charge in [0.2, 0.25) is 10.0 Å². The number of benzene rings is 1. The second-order valence-electron chi connectivity index (χ2n) is 3.93. The highest BCUT2D eigenvalue weighted by molar-refractivity contribution is 9.10. The summed E-state index contributed by atoms with van der Waals surface area (Å²) < 4.78 is 32.6. The first kappa shape index (κ1) is 14.8. The van der Waals surface area contributed by atoms with Crippen LogP contribution in [0.25, 0.3) is 0 Å². The van der Waals surface area contributed by atoms with E-state index in [2.05, 4.69) is 30.8 Å². The number of hydrogen-bond acceptors (Lipinski definition) is 5. The van der Waals surface area contributed by atoms with Gasteiger partial charge in [-0.1, -0.05) is 0 Å². The van der Waals surface area contributed by atoms with Crippen LogP contribution in [0, 0.1) is 0 Å². The van der Waals surface area contributed by atoms with Gasteiger partial charge in [0, 0.05) is 16.4 Å². The summed E-state index contributed by atoms with van der Waals surface area (Å²) in [5.74, 6) is 0.211. The van der Waals surface area contributed by atoms with Gasteiger partial charge in [0.05, 0.1) is 19.3 Å². The molecule has 2 rings (SSSR count). The summed E-state index contributed by atoms with van der Waals surface area (Å²) in [5, 5.41) is 6.41. The van der Waals surface area contributed by atoms with E-state index in [1.807, 2.05) is 0 Å². The van der Waals surface area contributed by atoms with Crippen LogP contribution in [0.1, 0.15) is 5.69 Å². The van der Waals surface area contributed by atoms with Crippen LogP contribution in [0.4, 0.5) is 5.69 Å². The van der Waals surface area contributed by atoms with E-state index in [-0.39, 0.29) is 17.2 Å². The minimum atomic E-state index is -3.74. The largest absolute Gasteiger partial charge is 0.495 e. The molecular weight excluding hydrogens is 348 g/mol. The number of nitrogen functional groups attached to an aromatic ring is 1. The van der Waals surface area contributed by atoms with Gasteiger partial charge in [0.15, 0.2) is 0 Å². The number of nitrogens with zero attached hydrogens (tertiary/aromatic N) is 1. The van der Waals surface area contributed by atoms with Crippen LogP contribution < -0.4 is 15.2 Å². The molecular formula is C11H13BrN4O3S. The number of ether oxygens (including phenoxy) is 1. The molecule has 0 aliphatic heterocycles. The number of nitrogens with one attached hydrogen (secondary N) is 2. The first-order valence-corrected chi connectivity index (χ1v) is 7.82. The standard InChI is InChI=1S/C11H13BrN4O3S/c1-19-10-4-8(12)9(13)5-11(10)20(17,18)15-6-7-2-3-14-16-7/h2-5,15H,6,13H2,1H3,(H,14,16). The summed E-state index contributed by atoms with van der Waals surface area (Å²) in [5.41, 5.74) is 6.68. The van der Waals surface area contributed by atoms with Crippen LogP contribution >= 0.6 is 15.9 Å². The molecule has 0 fully saturated rings. The minimum Gasteiger partial charge on any atom is -0.495 e. The fourth-order valence-corrected chi connectivity index (χ4v) is 3.07. The molecule has 20 heavy (non-hydrogen) atoms. The maximum atomic E-state index is 12.3. The van der Waals surface area contributed by atoms with Gasteiger partial charge in [0.25, 0.3) is 0 Å². The predicted molar refractivity (Wildman–Crippen MR) is 77.7 cm³/mol. The van der Waals surface area contributed by atoms with Crippen LogP contribution in [0.3, 0.4) is 0 Å². The molecule has 0 bridgehead atoms. The lowest BCUT2D eigenvalue weighted by atomic mass is 10.3. The monoisotopic (exact) mass is 360 g/mol. The molecule has 0 saturated carbocycles. The fraction of sp³-hybridized carbons (Fsp3) is 0.182. The van der Waals surface area contributed by atoms with Crippen molar-refractivity contribution in [1.82, 2.24) is 14.9 Å². The van der Waals surface area contributed by atoms with Crippen molar-refractivity contribution >= 4 is 31.6 Å². The average Bonchev–Trinajstić information content (AvgIpc) is 2.92. The molecule has 0 unspecified atom stereocenters. The van der Waals surface area contributed by atoms with Crippen molar-refractivity contribution < 1.29 is 13.2 Å². The number of anilines is 1. The third-order valence-electron chi connectivity index (χ3n) is 2.58. The summed E-state index contributed by atoms with van der Waals surface area (Å²) >= 11 is 3.22. The van der Waals surface area contributed by atoms with Gasteiger partial charge in [-0.15, -0.1) is 0 Å². The molecule has 0 saturated heterocycles. The highest BCUT2D eigenvalue weighted by atomic mass is 79.9. The fourth-order valence-electron chi connectivity index (χ4n) is 1.55. The number of methoxy groups -OCH3 is 1. The van der Waals surface area contributed by atoms with Crippen LogP contribution in [0.15, 0.2) is 33.8 Å². The number of hydrogen-bond donors (Lipinski definition) is 3. The molecule has 1 aromatic carbocycles. The van der Waals surface area contributed by atoms with E-state index in [0.29, 0.717) is 15.9 Å². The van der Waals surface area contributed by atoms with Crippen LogP contribution in [-0.4, -0.2) is 25.7 Å². The third-order valence-corrected chi connectivity index (χ3v) is 4.69. The molecule has 0 atom stereocenters. The average molecular weight is 361 g/mol.